The summed E-state index contributed by atoms with van der Waals surface area (Å²) < 4.78 is 55.0. The van der Waals surface area contributed by atoms with E-state index in [1.807, 2.05) is 152 Å². The summed E-state index contributed by atoms with van der Waals surface area (Å²) in [5, 5.41) is 95.3. The van der Waals surface area contributed by atoms with Crippen LogP contribution < -0.4 is 45.5 Å². The third kappa shape index (κ3) is 39.1. The van der Waals surface area contributed by atoms with Crippen LogP contribution in [-0.4, -0.2) is 220 Å². The molecule has 28 nitrogen and oxygen atoms in total. The molecule has 0 aromatic heterocycles. The lowest BCUT2D eigenvalue weighted by Gasteiger charge is -2.37. The van der Waals surface area contributed by atoms with Crippen LogP contribution in [0.1, 0.15) is 93.9 Å². The van der Waals surface area contributed by atoms with E-state index in [1.165, 1.54) is 28.8 Å². The number of hydrogen-bond acceptors (Lipinski definition) is 22. The Morgan fingerprint density at radius 3 is 1.18 bits per heavy atom. The second-order valence-electron chi connectivity index (χ2n) is 23.3. The first kappa shape index (κ1) is 89.4. The van der Waals surface area contributed by atoms with Crippen LogP contribution in [0.4, 0.5) is 11.4 Å². The number of halogens is 1. The van der Waals surface area contributed by atoms with E-state index < -0.39 is 64.4 Å². The molecular weight excluding hydrogens is 1330 g/mol. The molecule has 6 atom stereocenters. The van der Waals surface area contributed by atoms with Gasteiger partial charge in [-0.15, -0.1) is 0 Å². The number of aryl methyl sites for hydroxylation is 1. The molecule has 0 saturated heterocycles. The van der Waals surface area contributed by atoms with Crippen molar-refractivity contribution in [2.24, 2.45) is 5.14 Å². The number of aliphatic hydroxyl groups excluding tert-OH is 5. The number of para-hydroxylation sites is 1. The summed E-state index contributed by atoms with van der Waals surface area (Å²) in [6.45, 7) is 20.7. The lowest BCUT2D eigenvalue weighted by molar-refractivity contribution is -0.165. The van der Waals surface area contributed by atoms with Gasteiger partial charge < -0.3 is 95.6 Å². The van der Waals surface area contributed by atoms with Crippen LogP contribution in [0, 0.1) is 6.92 Å². The van der Waals surface area contributed by atoms with Crippen LogP contribution in [0.25, 0.3) is 0 Å². The van der Waals surface area contributed by atoms with Gasteiger partial charge in [0.05, 0.1) is 48.9 Å². The average Bonchev–Trinajstić information content (AvgIpc) is 0.760. The zero-order valence-electron chi connectivity index (χ0n) is 58.1. The first-order chi connectivity index (χ1) is 46.6. The third-order valence-electron chi connectivity index (χ3n) is 13.5. The molecule has 1 aliphatic rings. The highest BCUT2D eigenvalue weighted by Gasteiger charge is 2.33. The Balaban J connectivity index is 0.000000612. The Labute approximate surface area is 585 Å². The van der Waals surface area contributed by atoms with E-state index in [-0.39, 0.29) is 40.4 Å². The number of nitrogens with two attached hydrogens (primary N) is 1. The minimum Gasteiger partial charge on any atom is -0.491 e. The number of anilines is 2. The van der Waals surface area contributed by atoms with Gasteiger partial charge in [-0.1, -0.05) is 108 Å². The number of benzene rings is 5. The maximum atomic E-state index is 13.0. The minimum absolute atomic E-state index is 0.0203. The van der Waals surface area contributed by atoms with E-state index in [9.17, 15) is 47.7 Å². The minimum atomic E-state index is -4.02. The lowest BCUT2D eigenvalue weighted by Crippen LogP contribution is -2.47. The van der Waals surface area contributed by atoms with E-state index in [1.54, 1.807) is 26.2 Å². The summed E-state index contributed by atoms with van der Waals surface area (Å²) in [4.78, 5) is 53.1. The van der Waals surface area contributed by atoms with Crippen molar-refractivity contribution in [1.82, 2.24) is 16.0 Å². The van der Waals surface area contributed by atoms with Crippen LogP contribution in [0.2, 0.25) is 5.02 Å². The predicted octanol–water partition coefficient (Wildman–Crippen LogP) is 5.37. The first-order valence-electron chi connectivity index (χ1n) is 31.8. The van der Waals surface area contributed by atoms with Gasteiger partial charge in [0.2, 0.25) is 10.0 Å². The molecule has 0 bridgehead atoms. The summed E-state index contributed by atoms with van der Waals surface area (Å²) in [6.07, 6.45) is -4.21. The van der Waals surface area contributed by atoms with Gasteiger partial charge in [0.15, 0.2) is 12.2 Å². The molecule has 6 rings (SSSR count). The molecule has 15 N–H and O–H groups in total. The number of nitrogens with one attached hydrogen (secondary N) is 4. The van der Waals surface area contributed by atoms with Crippen LogP contribution in [0.3, 0.4) is 0 Å². The molecule has 30 heteroatoms. The number of nitrogens with zero attached hydrogens (tertiary/aromatic N) is 1. The number of carboxylic acids is 4. The lowest BCUT2D eigenvalue weighted by atomic mass is 10.1. The maximum absolute atomic E-state index is 13.0. The standard InChI is InChI=1S/C16H16ClN3O3S.3C15H25NO3.C4H6O6.C4H6O4/c1-9-5-3-4-6-14(9)20-10(2)19-13-8-12(17)15(24(18,22)23)7-11(13)16(20)21;3*1-12(2)16-10-14(17)11-19-15-6-4-13(5-7-15)8-9-18-3;5-1(3(7)8)2(6)4(9)10;5-3(6)1-2-4(7)8/h3-8,10,19H,1-2H3,(H2,18,22,23);3*4-7,12,14,16-17H,8-11H2,1-3H3;1-2,5-6H,(H,7,8)(H,9,10);1-2H2,(H,5,6)(H,7,8). The van der Waals surface area contributed by atoms with Crippen molar-refractivity contribution >= 4 is 62.8 Å². The largest absolute Gasteiger partial charge is 0.491 e. The van der Waals surface area contributed by atoms with E-state index in [2.05, 4.69) is 21.3 Å². The SMILES string of the molecule is COCCc1ccc(OCC(O)CNC(C)C)cc1.COCCc1ccc(OCC(O)CNC(C)C)cc1.COCCc1ccc(OCC(O)CNC(C)C)cc1.Cc1ccccc1N1C(=O)c2cc(S(N)(=O)=O)c(Cl)cc2NC1C.O=C(O)C(O)C(O)C(=O)O.O=C(O)CCC(=O)O. The van der Waals surface area contributed by atoms with Gasteiger partial charge in [-0.05, 0) is 110 Å². The van der Waals surface area contributed by atoms with Crippen molar-refractivity contribution in [3.63, 3.8) is 0 Å². The average molecular weight is 1440 g/mol. The molecule has 1 heterocycles. The molecule has 6 unspecified atom stereocenters. The first-order valence-corrected chi connectivity index (χ1v) is 33.7. The van der Waals surface area contributed by atoms with Crippen LogP contribution >= 0.6 is 11.6 Å². The molecule has 5 aromatic rings. The van der Waals surface area contributed by atoms with E-state index in [0.717, 1.165) is 67.6 Å². The summed E-state index contributed by atoms with van der Waals surface area (Å²) in [5.41, 5.74) is 6.03. The number of amides is 1. The van der Waals surface area contributed by atoms with Gasteiger partial charge in [-0.3, -0.25) is 19.3 Å². The third-order valence-corrected chi connectivity index (χ3v) is 14.9. The number of sulfonamides is 1. The highest BCUT2D eigenvalue weighted by Crippen LogP contribution is 2.35. The number of methoxy groups -OCH3 is 3. The molecule has 1 amide bonds. The molecule has 5 aromatic carbocycles. The fourth-order valence-corrected chi connectivity index (χ4v) is 9.18. The highest BCUT2D eigenvalue weighted by molar-refractivity contribution is 7.89. The van der Waals surface area contributed by atoms with Crippen molar-refractivity contribution in [2.45, 2.75) is 147 Å². The Morgan fingerprint density at radius 1 is 0.566 bits per heavy atom. The molecule has 0 radical (unpaired) electrons. The second kappa shape index (κ2) is 49.0. The van der Waals surface area contributed by atoms with Gasteiger partial charge in [0.1, 0.15) is 66.4 Å². The zero-order valence-corrected chi connectivity index (χ0v) is 59.7. The molecule has 0 spiro atoms. The number of ether oxygens (including phenoxy) is 6. The smallest absolute Gasteiger partial charge is 0.335 e. The molecular formula is C69H103ClN6O22S. The predicted molar refractivity (Wildman–Crippen MR) is 376 cm³/mol. The normalized spacial score (nSPS) is 13.8. The topological polar surface area (TPSA) is 434 Å². The monoisotopic (exact) mass is 1430 g/mol. The Kier molecular flexibility index (Phi) is 44.3. The van der Waals surface area contributed by atoms with Gasteiger partial charge >= 0.3 is 23.9 Å². The van der Waals surface area contributed by atoms with Crippen LogP contribution in [-0.2, 0) is 62.7 Å². The quantitative estimate of drug-likeness (QED) is 0.0242. The maximum Gasteiger partial charge on any atom is 0.335 e. The van der Waals surface area contributed by atoms with E-state index >= 15 is 0 Å². The van der Waals surface area contributed by atoms with Crippen molar-refractivity contribution in [2.75, 3.05) is 90.8 Å². The number of carbonyl (C=O) groups excluding carboxylic acids is 1. The van der Waals surface area contributed by atoms with Gasteiger partial charge in [0.25, 0.3) is 5.91 Å². The van der Waals surface area contributed by atoms with Crippen molar-refractivity contribution in [1.29, 1.82) is 0 Å². The van der Waals surface area contributed by atoms with Crippen LogP contribution in [0.5, 0.6) is 17.2 Å². The van der Waals surface area contributed by atoms with E-state index in [0.29, 0.717) is 63.3 Å². The molecule has 0 saturated carbocycles. The van der Waals surface area contributed by atoms with E-state index in [4.69, 9.17) is 75.8 Å². The second-order valence-corrected chi connectivity index (χ2v) is 25.2. The fourth-order valence-electron chi connectivity index (χ4n) is 8.08. The summed E-state index contributed by atoms with van der Waals surface area (Å²) >= 11 is 6.00. The molecule has 0 fully saturated rings. The van der Waals surface area contributed by atoms with Crippen molar-refractivity contribution < 1.29 is 107 Å². The number of aliphatic carboxylic acids is 4. The number of carboxylic acid groups (broad SMARTS) is 4. The van der Waals surface area contributed by atoms with Crippen molar-refractivity contribution in [3.8, 4) is 17.2 Å². The van der Waals surface area contributed by atoms with Gasteiger partial charge in [0, 0.05) is 64.8 Å². The number of aliphatic hydroxyl groups is 5. The molecule has 0 aliphatic carbocycles. The summed E-state index contributed by atoms with van der Waals surface area (Å²) in [5.74, 6) is -3.66. The molecule has 1 aliphatic heterocycles. The van der Waals surface area contributed by atoms with Crippen LogP contribution in [0.15, 0.2) is 114 Å². The van der Waals surface area contributed by atoms with Gasteiger partial charge in [-0.2, -0.15) is 0 Å². The Hall–Kier alpha value is -7.59. The Bertz CT molecular complexity index is 3040. The Morgan fingerprint density at radius 2 is 0.899 bits per heavy atom. The fraction of sp³-hybridized carbons (Fsp3) is 0.493. The number of carbonyl (C=O) groups is 5. The summed E-state index contributed by atoms with van der Waals surface area (Å²) in [6, 6.07) is 34.9. The highest BCUT2D eigenvalue weighted by atomic mass is 35.5. The number of hydrogen-bond donors (Lipinski definition) is 14. The van der Waals surface area contributed by atoms with Crippen molar-refractivity contribution in [3.05, 3.63) is 142 Å². The summed E-state index contributed by atoms with van der Waals surface area (Å²) in [7, 11) is 1.07. The van der Waals surface area contributed by atoms with Gasteiger partial charge in [-0.25, -0.2) is 23.1 Å². The number of rotatable bonds is 35. The molecule has 554 valence electrons. The molecule has 99 heavy (non-hydrogen) atoms. The zero-order chi connectivity index (χ0) is 74.8. The number of fused-ring (bicyclic) bond motifs is 1. The number of primary sulfonamides is 1.